The van der Waals surface area contributed by atoms with Gasteiger partial charge in [0.25, 0.3) is 0 Å². The molecule has 0 bridgehead atoms. The molecular formula is C56H43N. The maximum absolute atomic E-state index is 5.05. The van der Waals surface area contributed by atoms with Gasteiger partial charge in [-0.2, -0.15) is 0 Å². The zero-order valence-corrected chi connectivity index (χ0v) is 32.5. The number of rotatable bonds is 7. The van der Waals surface area contributed by atoms with E-state index in [1.54, 1.807) is 0 Å². The van der Waals surface area contributed by atoms with Gasteiger partial charge >= 0.3 is 0 Å². The van der Waals surface area contributed by atoms with Gasteiger partial charge in [0.05, 0.1) is 5.69 Å². The lowest BCUT2D eigenvalue weighted by atomic mass is 9.84. The van der Waals surface area contributed by atoms with E-state index in [1.165, 1.54) is 60.2 Å². The molecule has 0 heterocycles. The first-order valence-electron chi connectivity index (χ1n) is 19.6. The van der Waals surface area contributed by atoms with E-state index in [0.717, 1.165) is 56.1 Å². The van der Waals surface area contributed by atoms with Crippen LogP contribution in [0.15, 0.2) is 194 Å². The fourth-order valence-electron chi connectivity index (χ4n) is 8.18. The fraction of sp³-hybridized carbons (Fsp3) is 0.0536. The van der Waals surface area contributed by atoms with Gasteiger partial charge in [0.15, 0.2) is 0 Å². The molecule has 1 aliphatic rings. The van der Waals surface area contributed by atoms with E-state index in [0.29, 0.717) is 0 Å². The molecule has 0 aromatic heterocycles. The first-order chi connectivity index (χ1) is 27.9. The van der Waals surface area contributed by atoms with E-state index in [4.69, 9.17) is 11.6 Å². The third kappa shape index (κ3) is 7.01. The molecule has 272 valence electrons. The third-order valence-electron chi connectivity index (χ3n) is 11.3. The largest absolute Gasteiger partial charge is 0.253 e. The Labute approximate surface area is 335 Å². The van der Waals surface area contributed by atoms with Gasteiger partial charge in [-0.05, 0) is 143 Å². The Hall–Kier alpha value is -7.09. The maximum atomic E-state index is 5.05. The molecule has 0 spiro atoms. The van der Waals surface area contributed by atoms with Gasteiger partial charge < -0.3 is 0 Å². The summed E-state index contributed by atoms with van der Waals surface area (Å²) in [4.78, 5) is 5.05. The van der Waals surface area contributed by atoms with Crippen molar-refractivity contribution in [1.29, 1.82) is 0 Å². The second-order valence-corrected chi connectivity index (χ2v) is 15.0. The number of nitrogens with zero attached hydrogens (tertiary/aromatic N) is 1. The molecule has 0 aliphatic heterocycles. The molecule has 0 radical (unpaired) electrons. The van der Waals surface area contributed by atoms with E-state index in [2.05, 4.69) is 196 Å². The van der Waals surface area contributed by atoms with Crippen LogP contribution >= 0.6 is 0 Å². The standard InChI is InChI=1S/C56H43N/c1-37-15-8-9-19-45(37)33-39(3)55-50-23-12-13-24-51(50)56(49-30-29-42-18-10-11-20-46(42)34-49)52-32-31-47(35-53(52)55)43-21-14-22-44(28-27-43)48-26-25-38(2)54(36-48)57-40(4)41-16-6-5-7-17-41/h5-20,22-36H,1,3,21H2,2,4H3/b45-33-,57-40?. The van der Waals surface area contributed by atoms with Crippen LogP contribution in [0.25, 0.3) is 72.8 Å². The van der Waals surface area contributed by atoms with Crippen LogP contribution in [0.4, 0.5) is 5.69 Å². The minimum absolute atomic E-state index is 0.817. The van der Waals surface area contributed by atoms with E-state index in [1.807, 2.05) is 12.1 Å². The summed E-state index contributed by atoms with van der Waals surface area (Å²) in [5.41, 5.74) is 13.6. The molecule has 1 nitrogen and oxygen atoms in total. The molecule has 8 aromatic carbocycles. The van der Waals surface area contributed by atoms with Gasteiger partial charge in [0.2, 0.25) is 0 Å². The van der Waals surface area contributed by atoms with Crippen molar-refractivity contribution in [1.82, 2.24) is 0 Å². The molecule has 0 amide bonds. The van der Waals surface area contributed by atoms with Crippen molar-refractivity contribution in [3.05, 3.63) is 227 Å². The number of hydrogen-bond donors (Lipinski definition) is 0. The normalized spacial score (nSPS) is 13.5. The van der Waals surface area contributed by atoms with Gasteiger partial charge in [-0.3, -0.25) is 4.99 Å². The summed E-state index contributed by atoms with van der Waals surface area (Å²) >= 11 is 0. The Balaban J connectivity index is 1.20. The van der Waals surface area contributed by atoms with E-state index in [9.17, 15) is 0 Å². The molecule has 0 unspecified atom stereocenters. The highest BCUT2D eigenvalue weighted by molar-refractivity contribution is 6.21. The van der Waals surface area contributed by atoms with Crippen LogP contribution < -0.4 is 10.4 Å². The highest BCUT2D eigenvalue weighted by atomic mass is 14.7. The first kappa shape index (κ1) is 35.6. The van der Waals surface area contributed by atoms with Gasteiger partial charge in [-0.25, -0.2) is 0 Å². The zero-order valence-electron chi connectivity index (χ0n) is 32.5. The van der Waals surface area contributed by atoms with Gasteiger partial charge in [-0.15, -0.1) is 0 Å². The fourth-order valence-corrected chi connectivity index (χ4v) is 8.18. The molecule has 0 atom stereocenters. The third-order valence-corrected chi connectivity index (χ3v) is 11.3. The smallest absolute Gasteiger partial charge is 0.0668 e. The van der Waals surface area contributed by atoms with E-state index >= 15 is 0 Å². The number of benzene rings is 8. The number of fused-ring (bicyclic) bond motifs is 3. The summed E-state index contributed by atoms with van der Waals surface area (Å²) in [5, 5.41) is 9.32. The topological polar surface area (TPSA) is 12.4 Å². The lowest BCUT2D eigenvalue weighted by Crippen LogP contribution is -2.21. The Kier molecular flexibility index (Phi) is 9.50. The molecule has 57 heavy (non-hydrogen) atoms. The van der Waals surface area contributed by atoms with Crippen molar-refractivity contribution < 1.29 is 0 Å². The molecule has 0 saturated carbocycles. The van der Waals surface area contributed by atoms with Crippen LogP contribution in [0.1, 0.15) is 41.2 Å². The SMILES string of the molecule is C=C(/C=c1/ccccc1=C)c1c2ccccc2c(-c2ccc3ccccc3c2)c2ccc(C3=CC=C(c4ccc(C)c(N=C(C)c5ccccc5)c4)C=CC3)cc12. The monoisotopic (exact) mass is 729 g/mol. The Bertz CT molecular complexity index is 3130. The summed E-state index contributed by atoms with van der Waals surface area (Å²) in [5.74, 6) is 0. The van der Waals surface area contributed by atoms with Crippen molar-refractivity contribution in [3.8, 4) is 11.1 Å². The van der Waals surface area contributed by atoms with Crippen LogP contribution in [0.2, 0.25) is 0 Å². The number of aliphatic imine (C=N–C) groups is 1. The van der Waals surface area contributed by atoms with Gasteiger partial charge in [0.1, 0.15) is 0 Å². The molecule has 1 aliphatic carbocycles. The second kappa shape index (κ2) is 15.2. The summed E-state index contributed by atoms with van der Waals surface area (Å²) in [6.07, 6.45) is 12.1. The molecule has 9 rings (SSSR count). The highest BCUT2D eigenvalue weighted by Gasteiger charge is 2.18. The molecule has 0 N–H and O–H groups in total. The van der Waals surface area contributed by atoms with Crippen molar-refractivity contribution in [3.63, 3.8) is 0 Å². The molecule has 0 saturated heterocycles. The summed E-state index contributed by atoms with van der Waals surface area (Å²) in [6.45, 7) is 13.3. The minimum atomic E-state index is 0.817. The van der Waals surface area contributed by atoms with Crippen molar-refractivity contribution in [2.45, 2.75) is 20.3 Å². The molecule has 0 fully saturated rings. The number of hydrogen-bond acceptors (Lipinski definition) is 1. The lowest BCUT2D eigenvalue weighted by Gasteiger charge is -2.19. The average Bonchev–Trinajstić information content (AvgIpc) is 3.51. The molecule has 1 heteroatoms. The minimum Gasteiger partial charge on any atom is -0.253 e. The van der Waals surface area contributed by atoms with Crippen LogP contribution in [0.5, 0.6) is 0 Å². The number of allylic oxidation sites excluding steroid dienone is 7. The predicted octanol–water partition coefficient (Wildman–Crippen LogP) is 13.6. The zero-order chi connectivity index (χ0) is 38.9. The Morgan fingerprint density at radius 1 is 0.614 bits per heavy atom. The average molecular weight is 730 g/mol. The Morgan fingerprint density at radius 3 is 2.16 bits per heavy atom. The summed E-state index contributed by atoms with van der Waals surface area (Å²) in [7, 11) is 0. The van der Waals surface area contributed by atoms with Gasteiger partial charge in [-0.1, -0.05) is 177 Å². The van der Waals surface area contributed by atoms with Crippen LogP contribution in [0, 0.1) is 6.92 Å². The molecular weight excluding hydrogens is 687 g/mol. The van der Waals surface area contributed by atoms with Crippen molar-refractivity contribution >= 4 is 73.1 Å². The Morgan fingerprint density at radius 2 is 1.32 bits per heavy atom. The number of aryl methyl sites for hydroxylation is 1. The van der Waals surface area contributed by atoms with Crippen molar-refractivity contribution in [2.24, 2.45) is 4.99 Å². The molecule has 8 aromatic rings. The second-order valence-electron chi connectivity index (χ2n) is 15.0. The maximum Gasteiger partial charge on any atom is 0.0668 e. The van der Waals surface area contributed by atoms with Crippen LogP contribution in [0.3, 0.4) is 0 Å². The van der Waals surface area contributed by atoms with E-state index < -0.39 is 0 Å². The lowest BCUT2D eigenvalue weighted by molar-refractivity contribution is 1.37. The summed E-state index contributed by atoms with van der Waals surface area (Å²) in [6, 6.07) is 56.5. The van der Waals surface area contributed by atoms with Crippen molar-refractivity contribution in [2.75, 3.05) is 0 Å². The summed E-state index contributed by atoms with van der Waals surface area (Å²) < 4.78 is 0. The first-order valence-corrected chi connectivity index (χ1v) is 19.6. The van der Waals surface area contributed by atoms with E-state index in [-0.39, 0.29) is 0 Å². The van der Waals surface area contributed by atoms with Crippen LogP contribution in [-0.2, 0) is 0 Å². The van der Waals surface area contributed by atoms with Gasteiger partial charge in [0, 0.05) is 5.71 Å². The quantitative estimate of drug-likeness (QED) is 0.114. The highest BCUT2D eigenvalue weighted by Crippen LogP contribution is 2.43. The predicted molar refractivity (Wildman–Crippen MR) is 248 cm³/mol. The van der Waals surface area contributed by atoms with Crippen LogP contribution in [-0.4, -0.2) is 5.71 Å².